The molecule has 0 N–H and O–H groups in total. The summed E-state index contributed by atoms with van der Waals surface area (Å²) >= 11 is 0. The zero-order chi connectivity index (χ0) is 9.28. The van der Waals surface area contributed by atoms with E-state index in [2.05, 4.69) is 48.5 Å². The molecule has 0 bridgehead atoms. The Bertz CT molecular complexity index is 117. The van der Waals surface area contributed by atoms with E-state index >= 15 is 0 Å². The van der Waals surface area contributed by atoms with Gasteiger partial charge in [0, 0.05) is 32.7 Å². The van der Waals surface area contributed by atoms with Crippen molar-refractivity contribution in [3.63, 3.8) is 0 Å². The van der Waals surface area contributed by atoms with Crippen molar-refractivity contribution >= 4 is 0 Å². The third kappa shape index (κ3) is 4.97. The maximum atomic E-state index is 2.35. The van der Waals surface area contributed by atoms with Gasteiger partial charge in [-0.2, -0.15) is 20.3 Å². The van der Waals surface area contributed by atoms with E-state index in [4.69, 9.17) is 0 Å². The average molecular weight is 244 g/mol. The third-order valence-electron chi connectivity index (χ3n) is 2.83. The zero-order valence-electron chi connectivity index (χ0n) is 9.78. The minimum absolute atomic E-state index is 0. The second-order valence-corrected chi connectivity index (χ2v) is 5.52. The maximum Gasteiger partial charge on any atom is 0 e. The molecule has 0 aliphatic heterocycles. The monoisotopic (exact) mass is 244 g/mol. The topological polar surface area (TPSA) is 0 Å². The van der Waals surface area contributed by atoms with Crippen molar-refractivity contribution in [3.8, 4) is 0 Å². The summed E-state index contributed by atoms with van der Waals surface area (Å²) in [5.74, 6) is 1.53. The Balaban J connectivity index is 0. The molecule has 0 heterocycles. The molecule has 0 nitrogen and oxygen atoms in total. The molecule has 0 fully saturated rings. The van der Waals surface area contributed by atoms with Gasteiger partial charge in [-0.15, -0.1) is 0 Å². The van der Waals surface area contributed by atoms with E-state index in [0.717, 1.165) is 0 Å². The minimum Gasteiger partial charge on any atom is -0.319 e. The van der Waals surface area contributed by atoms with Crippen molar-refractivity contribution in [2.24, 2.45) is 10.8 Å². The number of hydrogen-bond donors (Lipinski definition) is 0. The zero-order valence-corrected chi connectivity index (χ0v) is 12.6. The predicted octanol–water partition coefficient (Wildman–Crippen LogP) is 4.06. The molecule has 0 aromatic heterocycles. The first-order valence-electron chi connectivity index (χ1n) is 4.46. The molecule has 0 saturated carbocycles. The minimum atomic E-state index is 0. The van der Waals surface area contributed by atoms with Crippen LogP contribution in [0.5, 0.6) is 0 Å². The Morgan fingerprint density at radius 2 is 1.25 bits per heavy atom. The summed E-state index contributed by atoms with van der Waals surface area (Å²) in [4.78, 5) is 0. The van der Waals surface area contributed by atoms with Crippen molar-refractivity contribution in [2.45, 2.75) is 54.9 Å². The van der Waals surface area contributed by atoms with Gasteiger partial charge in [0.1, 0.15) is 0 Å². The summed E-state index contributed by atoms with van der Waals surface area (Å²) in [6.45, 7) is 16.1. The van der Waals surface area contributed by atoms with Gasteiger partial charge in [-0.05, 0) is 5.41 Å². The van der Waals surface area contributed by atoms with Gasteiger partial charge < -0.3 is 5.92 Å². The van der Waals surface area contributed by atoms with E-state index in [9.17, 15) is 0 Å². The van der Waals surface area contributed by atoms with Crippen molar-refractivity contribution in [3.05, 3.63) is 5.92 Å². The van der Waals surface area contributed by atoms with Gasteiger partial charge >= 0.3 is 0 Å². The summed E-state index contributed by atoms with van der Waals surface area (Å²) in [6.07, 6.45) is 1.23. The Hall–Kier alpha value is 1.10. The van der Waals surface area contributed by atoms with Crippen LogP contribution < -0.4 is 0 Å². The molecule has 0 saturated heterocycles. The molecule has 0 aliphatic carbocycles. The van der Waals surface area contributed by atoms with Crippen LogP contribution in [0.25, 0.3) is 0 Å². The standard InChI is InChI=1S/C11H23.Y/c1-9(2)8-11(6,7)10(3,4)5;/h8H2,1-7H3;/q-1;. The van der Waals surface area contributed by atoms with Crippen LogP contribution in [0.3, 0.4) is 0 Å². The molecule has 0 rings (SSSR count). The summed E-state index contributed by atoms with van der Waals surface area (Å²) in [6, 6.07) is 0. The van der Waals surface area contributed by atoms with Crippen LogP contribution in [0.1, 0.15) is 54.9 Å². The van der Waals surface area contributed by atoms with E-state index in [0.29, 0.717) is 10.8 Å². The van der Waals surface area contributed by atoms with Crippen LogP contribution in [0.4, 0.5) is 0 Å². The molecular weight excluding hydrogens is 221 g/mol. The molecule has 1 radical (unpaired) electrons. The van der Waals surface area contributed by atoms with E-state index in [1.807, 2.05) is 0 Å². The van der Waals surface area contributed by atoms with Crippen LogP contribution in [-0.2, 0) is 32.7 Å². The van der Waals surface area contributed by atoms with Crippen LogP contribution in [-0.4, -0.2) is 0 Å². The van der Waals surface area contributed by atoms with Crippen LogP contribution in [0.15, 0.2) is 0 Å². The smallest absolute Gasteiger partial charge is 0 e. The van der Waals surface area contributed by atoms with E-state index in [1.54, 1.807) is 0 Å². The van der Waals surface area contributed by atoms with Gasteiger partial charge in [0.2, 0.25) is 0 Å². The molecule has 0 aromatic carbocycles. The maximum absolute atomic E-state index is 2.35. The molecule has 0 unspecified atom stereocenters. The second-order valence-electron chi connectivity index (χ2n) is 5.52. The largest absolute Gasteiger partial charge is 0.319 e. The summed E-state index contributed by atoms with van der Waals surface area (Å²) in [5, 5.41) is 0. The summed E-state index contributed by atoms with van der Waals surface area (Å²) in [7, 11) is 0. The van der Waals surface area contributed by atoms with Crippen LogP contribution >= 0.6 is 0 Å². The first kappa shape index (κ1) is 15.6. The Kier molecular flexibility index (Phi) is 6.62. The van der Waals surface area contributed by atoms with E-state index in [-0.39, 0.29) is 32.7 Å². The molecule has 0 aliphatic rings. The fourth-order valence-electron chi connectivity index (χ4n) is 1.15. The van der Waals surface area contributed by atoms with Crippen LogP contribution in [0, 0.1) is 16.7 Å². The molecule has 0 spiro atoms. The summed E-state index contributed by atoms with van der Waals surface area (Å²) < 4.78 is 0. The average Bonchev–Trinajstić information content (AvgIpc) is 1.56. The molecule has 12 heavy (non-hydrogen) atoms. The van der Waals surface area contributed by atoms with Gasteiger partial charge in [0.15, 0.2) is 0 Å². The van der Waals surface area contributed by atoms with Gasteiger partial charge in [0.05, 0.1) is 0 Å². The number of hydrogen-bond acceptors (Lipinski definition) is 0. The van der Waals surface area contributed by atoms with Crippen molar-refractivity contribution < 1.29 is 32.7 Å². The molecule has 0 atom stereocenters. The first-order chi connectivity index (χ1) is 4.67. The normalized spacial score (nSPS) is 13.0. The SMILES string of the molecule is C[C-](C)CC(C)(C)C(C)(C)C.[Y]. The van der Waals surface area contributed by atoms with E-state index in [1.165, 1.54) is 12.3 Å². The van der Waals surface area contributed by atoms with Gasteiger partial charge in [-0.3, -0.25) is 0 Å². The fourth-order valence-corrected chi connectivity index (χ4v) is 1.15. The predicted molar refractivity (Wildman–Crippen MR) is 52.4 cm³/mol. The second kappa shape index (κ2) is 5.10. The molecule has 0 aromatic rings. The Morgan fingerprint density at radius 3 is 1.33 bits per heavy atom. The molecule has 71 valence electrons. The summed E-state index contributed by atoms with van der Waals surface area (Å²) in [5.41, 5.74) is 0.829. The van der Waals surface area contributed by atoms with Crippen molar-refractivity contribution in [2.75, 3.05) is 0 Å². The van der Waals surface area contributed by atoms with Crippen LogP contribution in [0.2, 0.25) is 0 Å². The molecule has 0 amide bonds. The van der Waals surface area contributed by atoms with Gasteiger partial charge in [-0.1, -0.05) is 40.0 Å². The van der Waals surface area contributed by atoms with Crippen molar-refractivity contribution in [1.29, 1.82) is 0 Å². The fraction of sp³-hybridized carbons (Fsp3) is 0.909. The molecular formula is C11H23Y-. The quantitative estimate of drug-likeness (QED) is 0.642. The first-order valence-corrected chi connectivity index (χ1v) is 4.46. The molecule has 1 heteroatoms. The van der Waals surface area contributed by atoms with Gasteiger partial charge in [0.25, 0.3) is 0 Å². The Morgan fingerprint density at radius 1 is 0.917 bits per heavy atom. The van der Waals surface area contributed by atoms with Gasteiger partial charge in [-0.25, -0.2) is 0 Å². The Labute approximate surface area is 104 Å². The van der Waals surface area contributed by atoms with Crippen molar-refractivity contribution in [1.82, 2.24) is 0 Å². The van der Waals surface area contributed by atoms with E-state index < -0.39 is 0 Å². The third-order valence-corrected chi connectivity index (χ3v) is 2.83. The number of rotatable bonds is 2.